The number of rotatable bonds is 2. The third-order valence-corrected chi connectivity index (χ3v) is 9.10. The highest BCUT2D eigenvalue weighted by Gasteiger charge is 2.47. The minimum absolute atomic E-state index is 0.149. The molecular weight excluding hydrogens is 456 g/mol. The predicted molar refractivity (Wildman–Crippen MR) is 143 cm³/mol. The first-order valence-corrected chi connectivity index (χ1v) is 13.7. The number of ether oxygens (including phenoxy) is 2. The van der Waals surface area contributed by atoms with Gasteiger partial charge in [-0.2, -0.15) is 0 Å². The maximum absolute atomic E-state index is 6.05. The molecule has 37 heavy (non-hydrogen) atoms. The molecule has 0 saturated heterocycles. The van der Waals surface area contributed by atoms with Crippen LogP contribution in [0.15, 0.2) is 60.7 Å². The lowest BCUT2D eigenvalue weighted by Crippen LogP contribution is -2.39. The molecule has 8 rings (SSSR count). The van der Waals surface area contributed by atoms with Crippen molar-refractivity contribution in [3.05, 3.63) is 105 Å². The van der Waals surface area contributed by atoms with Crippen LogP contribution in [0.1, 0.15) is 70.5 Å². The van der Waals surface area contributed by atoms with Gasteiger partial charge in [0.25, 0.3) is 0 Å². The van der Waals surface area contributed by atoms with E-state index in [-0.39, 0.29) is 5.41 Å². The van der Waals surface area contributed by atoms with E-state index in [4.69, 9.17) is 19.4 Å². The molecule has 0 unspecified atom stereocenters. The second-order valence-electron chi connectivity index (χ2n) is 11.0. The van der Waals surface area contributed by atoms with Gasteiger partial charge in [0.05, 0.1) is 54.6 Å². The van der Waals surface area contributed by atoms with Gasteiger partial charge in [-0.25, -0.2) is 0 Å². The highest BCUT2D eigenvalue weighted by molar-refractivity contribution is 5.70. The number of hydrogen-bond donors (Lipinski definition) is 0. The molecule has 0 amide bonds. The maximum atomic E-state index is 6.05. The normalized spacial score (nSPS) is 18.8. The lowest BCUT2D eigenvalue weighted by Gasteiger charge is -2.43. The van der Waals surface area contributed by atoms with Gasteiger partial charge in [0.15, 0.2) is 0 Å². The van der Waals surface area contributed by atoms with Crippen LogP contribution < -0.4 is 0 Å². The van der Waals surface area contributed by atoms with Crippen LogP contribution in [0.2, 0.25) is 0 Å². The molecule has 0 saturated carbocycles. The minimum atomic E-state index is -0.149. The topological polar surface area (TPSA) is 44.2 Å². The van der Waals surface area contributed by atoms with Crippen LogP contribution in [0.25, 0.3) is 22.5 Å². The Labute approximate surface area is 217 Å². The predicted octanol–water partition coefficient (Wildman–Crippen LogP) is 6.83. The van der Waals surface area contributed by atoms with Gasteiger partial charge in [0, 0.05) is 22.3 Å². The fourth-order valence-electron chi connectivity index (χ4n) is 7.44. The first-order valence-electron chi connectivity index (χ1n) is 13.7. The van der Waals surface area contributed by atoms with E-state index in [1.54, 1.807) is 0 Å². The molecule has 184 valence electrons. The molecule has 0 bridgehead atoms. The van der Waals surface area contributed by atoms with Gasteiger partial charge in [0.2, 0.25) is 0 Å². The molecule has 1 spiro atoms. The molecule has 4 aromatic rings. The van der Waals surface area contributed by atoms with Gasteiger partial charge in [-0.15, -0.1) is 0 Å². The number of aromatic nitrogens is 2. The molecular formula is C33H30N2O2. The zero-order chi connectivity index (χ0) is 24.4. The molecule has 0 fully saturated rings. The largest absolute Gasteiger partial charge is 0.372 e. The molecule has 0 radical (unpaired) electrons. The van der Waals surface area contributed by atoms with Gasteiger partial charge in [-0.3, -0.25) is 9.97 Å². The highest BCUT2D eigenvalue weighted by atomic mass is 16.5. The smallest absolute Gasteiger partial charge is 0.0764 e. The Morgan fingerprint density at radius 2 is 0.946 bits per heavy atom. The van der Waals surface area contributed by atoms with Crippen molar-refractivity contribution >= 4 is 0 Å². The Hall–Kier alpha value is -3.34. The van der Waals surface area contributed by atoms with Crippen LogP contribution in [-0.2, 0) is 54.2 Å². The molecule has 2 aliphatic heterocycles. The Balaban J connectivity index is 1.41. The Bertz CT molecular complexity index is 1410. The van der Waals surface area contributed by atoms with Gasteiger partial charge in [-0.1, -0.05) is 60.7 Å². The highest BCUT2D eigenvalue weighted by Crippen LogP contribution is 2.53. The van der Waals surface area contributed by atoms with E-state index in [0.29, 0.717) is 26.4 Å². The number of benzene rings is 2. The average molecular weight is 487 g/mol. The molecule has 4 heteroatoms. The Morgan fingerprint density at radius 1 is 0.514 bits per heavy atom. The van der Waals surface area contributed by atoms with E-state index < -0.39 is 0 Å². The van der Waals surface area contributed by atoms with Gasteiger partial charge >= 0.3 is 0 Å². The number of pyridine rings is 2. The van der Waals surface area contributed by atoms with Crippen LogP contribution >= 0.6 is 0 Å². The summed E-state index contributed by atoms with van der Waals surface area (Å²) < 4.78 is 12.1. The second kappa shape index (κ2) is 8.34. The third kappa shape index (κ3) is 3.15. The van der Waals surface area contributed by atoms with Crippen molar-refractivity contribution in [2.75, 3.05) is 0 Å². The zero-order valence-corrected chi connectivity index (χ0v) is 21.1. The molecule has 2 aromatic heterocycles. The molecule has 2 aliphatic carbocycles. The van der Waals surface area contributed by atoms with Crippen molar-refractivity contribution in [1.29, 1.82) is 0 Å². The van der Waals surface area contributed by atoms with E-state index in [9.17, 15) is 0 Å². The summed E-state index contributed by atoms with van der Waals surface area (Å²) in [6, 6.07) is 21.4. The number of nitrogens with zero attached hydrogens (tertiary/aromatic N) is 2. The Morgan fingerprint density at radius 3 is 1.41 bits per heavy atom. The van der Waals surface area contributed by atoms with E-state index in [1.165, 1.54) is 68.7 Å². The standard InChI is InChI=1S/C33H30N2O2/c1-3-9-21(10-4-1)29-27-19-36-17-25(27)23-13-7-15-33(31(23)34-29)16-8-14-24-26-18-37-20-28(26)30(35-32(24)33)22-11-5-2-6-12-22/h1-6,9-12H,7-8,13-20H2. The Kier molecular flexibility index (Phi) is 4.89. The summed E-state index contributed by atoms with van der Waals surface area (Å²) in [4.78, 5) is 11.2. The summed E-state index contributed by atoms with van der Waals surface area (Å²) in [5, 5.41) is 0. The summed E-state index contributed by atoms with van der Waals surface area (Å²) >= 11 is 0. The van der Waals surface area contributed by atoms with E-state index in [0.717, 1.165) is 37.1 Å². The van der Waals surface area contributed by atoms with Gasteiger partial charge in [-0.05, 0) is 60.8 Å². The van der Waals surface area contributed by atoms with Crippen LogP contribution in [0.5, 0.6) is 0 Å². The first-order chi connectivity index (χ1) is 18.3. The summed E-state index contributed by atoms with van der Waals surface area (Å²) in [5.41, 5.74) is 15.2. The SMILES string of the molecule is c1ccc(-c2nc3c(c4c2COC4)CCCC32CCCc3c2nc(-c2ccccc2)c2c3COC2)cc1. The number of fused-ring (bicyclic) bond motifs is 8. The third-order valence-electron chi connectivity index (χ3n) is 9.10. The van der Waals surface area contributed by atoms with Crippen molar-refractivity contribution < 1.29 is 9.47 Å². The summed E-state index contributed by atoms with van der Waals surface area (Å²) in [6.45, 7) is 2.71. The summed E-state index contributed by atoms with van der Waals surface area (Å²) in [6.07, 6.45) is 6.71. The average Bonchev–Trinajstić information content (AvgIpc) is 3.65. The van der Waals surface area contributed by atoms with Crippen molar-refractivity contribution in [3.8, 4) is 22.5 Å². The first kappa shape index (κ1) is 21.7. The van der Waals surface area contributed by atoms with E-state index in [1.807, 2.05) is 0 Å². The van der Waals surface area contributed by atoms with Gasteiger partial charge < -0.3 is 9.47 Å². The summed E-state index contributed by atoms with van der Waals surface area (Å²) in [7, 11) is 0. The van der Waals surface area contributed by atoms with E-state index in [2.05, 4.69) is 60.7 Å². The van der Waals surface area contributed by atoms with E-state index >= 15 is 0 Å². The molecule has 2 aromatic carbocycles. The monoisotopic (exact) mass is 486 g/mol. The van der Waals surface area contributed by atoms with Crippen LogP contribution in [0.4, 0.5) is 0 Å². The lowest BCUT2D eigenvalue weighted by molar-refractivity contribution is 0.134. The zero-order valence-electron chi connectivity index (χ0n) is 21.1. The van der Waals surface area contributed by atoms with Crippen LogP contribution in [0.3, 0.4) is 0 Å². The fraction of sp³-hybridized carbons (Fsp3) is 0.333. The minimum Gasteiger partial charge on any atom is -0.372 e. The quantitative estimate of drug-likeness (QED) is 0.312. The van der Waals surface area contributed by atoms with Crippen molar-refractivity contribution in [3.63, 3.8) is 0 Å². The fourth-order valence-corrected chi connectivity index (χ4v) is 7.44. The maximum Gasteiger partial charge on any atom is 0.0764 e. The molecule has 0 atom stereocenters. The van der Waals surface area contributed by atoms with Crippen LogP contribution in [-0.4, -0.2) is 9.97 Å². The molecule has 4 aliphatic rings. The molecule has 0 N–H and O–H groups in total. The summed E-state index contributed by atoms with van der Waals surface area (Å²) in [5.74, 6) is 0. The van der Waals surface area contributed by atoms with Gasteiger partial charge in [0.1, 0.15) is 0 Å². The van der Waals surface area contributed by atoms with Crippen molar-refractivity contribution in [1.82, 2.24) is 9.97 Å². The lowest BCUT2D eigenvalue weighted by atomic mass is 9.62. The molecule has 4 heterocycles. The van der Waals surface area contributed by atoms with Crippen molar-refractivity contribution in [2.24, 2.45) is 0 Å². The molecule has 4 nitrogen and oxygen atoms in total. The second-order valence-corrected chi connectivity index (χ2v) is 11.0. The van der Waals surface area contributed by atoms with Crippen molar-refractivity contribution in [2.45, 2.75) is 70.4 Å². The number of hydrogen-bond acceptors (Lipinski definition) is 4. The van der Waals surface area contributed by atoms with Crippen LogP contribution in [0, 0.1) is 0 Å².